The maximum absolute atomic E-state index is 12.8. The lowest BCUT2D eigenvalue weighted by Crippen LogP contribution is -2.28. The number of halogens is 2. The minimum absolute atomic E-state index is 0.0206. The molecule has 1 fully saturated rings. The van der Waals surface area contributed by atoms with Gasteiger partial charge in [-0.05, 0) is 38.0 Å². The number of nitrogens with zero attached hydrogens (tertiary/aromatic N) is 5. The number of rotatable bonds is 6. The lowest BCUT2D eigenvalue weighted by Gasteiger charge is -2.09. The molecule has 8 nitrogen and oxygen atoms in total. The molecule has 30 heavy (non-hydrogen) atoms. The third-order valence-corrected chi connectivity index (χ3v) is 5.33. The van der Waals surface area contributed by atoms with E-state index in [1.54, 1.807) is 13.1 Å². The third kappa shape index (κ3) is 4.07. The second kappa shape index (κ2) is 8.29. The van der Waals surface area contributed by atoms with Crippen LogP contribution >= 0.6 is 0 Å². The van der Waals surface area contributed by atoms with Gasteiger partial charge in [0.2, 0.25) is 11.7 Å². The van der Waals surface area contributed by atoms with E-state index in [1.165, 1.54) is 19.9 Å². The maximum Gasteiger partial charge on any atom is 0.282 e. The quantitative estimate of drug-likeness (QED) is 0.653. The van der Waals surface area contributed by atoms with Crippen molar-refractivity contribution in [1.29, 1.82) is 0 Å². The number of carbonyl (C=O) groups excluding carboxylic acids is 1. The van der Waals surface area contributed by atoms with Crippen molar-refractivity contribution < 1.29 is 18.1 Å². The number of amides is 1. The Kier molecular flexibility index (Phi) is 5.56. The monoisotopic (exact) mass is 416 g/mol. The Morgan fingerprint density at radius 1 is 1.30 bits per heavy atom. The lowest BCUT2D eigenvalue weighted by atomic mass is 10.0. The molecule has 10 heteroatoms. The van der Waals surface area contributed by atoms with Crippen molar-refractivity contribution in [2.75, 3.05) is 0 Å². The normalized spacial score (nSPS) is 15.6. The molecule has 0 aromatic carbocycles. The summed E-state index contributed by atoms with van der Waals surface area (Å²) < 4.78 is 32.0. The Labute approximate surface area is 171 Å². The fourth-order valence-electron chi connectivity index (χ4n) is 3.70. The van der Waals surface area contributed by atoms with Gasteiger partial charge in [-0.2, -0.15) is 10.1 Å². The molecule has 0 bridgehead atoms. The van der Waals surface area contributed by atoms with Crippen LogP contribution in [0.2, 0.25) is 0 Å². The molecule has 3 heterocycles. The molecule has 0 spiro atoms. The SMILES string of the molecule is C[C@H](NC(=O)c1cc(C(F)F)nn1C)c1nc(-c2ccnc(C3CCCC3)c2)no1. The third-order valence-electron chi connectivity index (χ3n) is 5.33. The van der Waals surface area contributed by atoms with Crippen molar-refractivity contribution in [2.24, 2.45) is 7.05 Å². The minimum atomic E-state index is -2.75. The van der Waals surface area contributed by atoms with Crippen LogP contribution in [-0.2, 0) is 7.05 Å². The Hall–Kier alpha value is -3.17. The van der Waals surface area contributed by atoms with Gasteiger partial charge in [-0.1, -0.05) is 18.0 Å². The first-order valence-electron chi connectivity index (χ1n) is 9.85. The van der Waals surface area contributed by atoms with Crippen LogP contribution < -0.4 is 5.32 Å². The van der Waals surface area contributed by atoms with Gasteiger partial charge in [-0.25, -0.2) is 8.78 Å². The molecule has 158 valence electrons. The molecule has 0 unspecified atom stereocenters. The zero-order valence-corrected chi connectivity index (χ0v) is 16.7. The fraction of sp³-hybridized carbons (Fsp3) is 0.450. The van der Waals surface area contributed by atoms with Crippen LogP contribution in [0.4, 0.5) is 8.78 Å². The second-order valence-electron chi connectivity index (χ2n) is 7.48. The molecule has 1 aliphatic rings. The van der Waals surface area contributed by atoms with Crippen LogP contribution in [0.25, 0.3) is 11.4 Å². The van der Waals surface area contributed by atoms with Crippen molar-refractivity contribution >= 4 is 5.91 Å². The summed E-state index contributed by atoms with van der Waals surface area (Å²) in [6.45, 7) is 1.68. The van der Waals surface area contributed by atoms with E-state index in [2.05, 4.69) is 25.5 Å². The second-order valence-corrected chi connectivity index (χ2v) is 7.48. The highest BCUT2D eigenvalue weighted by atomic mass is 19.3. The summed E-state index contributed by atoms with van der Waals surface area (Å²) >= 11 is 0. The highest BCUT2D eigenvalue weighted by Gasteiger charge is 2.23. The molecule has 1 atom stereocenters. The Bertz CT molecular complexity index is 1040. The first-order valence-corrected chi connectivity index (χ1v) is 9.85. The van der Waals surface area contributed by atoms with Gasteiger partial charge in [0, 0.05) is 30.4 Å². The number of aromatic nitrogens is 5. The average Bonchev–Trinajstić information content (AvgIpc) is 3.48. The first kappa shape index (κ1) is 20.1. The Morgan fingerprint density at radius 2 is 2.07 bits per heavy atom. The smallest absolute Gasteiger partial charge is 0.282 e. The molecule has 0 saturated heterocycles. The number of carbonyl (C=O) groups is 1. The number of aryl methyl sites for hydroxylation is 1. The predicted octanol–water partition coefficient (Wildman–Crippen LogP) is 3.95. The van der Waals surface area contributed by atoms with Crippen molar-refractivity contribution in [3.05, 3.63) is 47.4 Å². The number of hydrogen-bond donors (Lipinski definition) is 1. The number of alkyl halides is 2. The van der Waals surface area contributed by atoms with Crippen molar-refractivity contribution in [1.82, 2.24) is 30.2 Å². The molecule has 0 aliphatic heterocycles. The van der Waals surface area contributed by atoms with Crippen LogP contribution in [-0.4, -0.2) is 30.8 Å². The predicted molar refractivity (Wildman–Crippen MR) is 103 cm³/mol. The summed E-state index contributed by atoms with van der Waals surface area (Å²) in [6.07, 6.45) is 3.71. The molecule has 1 N–H and O–H groups in total. The Balaban J connectivity index is 1.47. The Morgan fingerprint density at radius 3 is 2.77 bits per heavy atom. The van der Waals surface area contributed by atoms with Gasteiger partial charge < -0.3 is 9.84 Å². The standard InChI is InChI=1S/C20H22F2N6O2/c1-11(24-19(29)16-10-15(17(21)22)26-28(16)2)20-25-18(27-30-20)13-7-8-23-14(9-13)12-5-3-4-6-12/h7-12,17H,3-6H2,1-2H3,(H,24,29)/t11-/m0/s1. The largest absolute Gasteiger partial charge is 0.339 e. The van der Waals surface area contributed by atoms with Crippen molar-refractivity contribution in [2.45, 2.75) is 51.0 Å². The van der Waals surface area contributed by atoms with E-state index in [9.17, 15) is 13.6 Å². The van der Waals surface area contributed by atoms with Crippen molar-refractivity contribution in [3.8, 4) is 11.4 Å². The summed E-state index contributed by atoms with van der Waals surface area (Å²) in [7, 11) is 1.43. The van der Waals surface area contributed by atoms with Crippen LogP contribution in [0.5, 0.6) is 0 Å². The molecule has 1 aliphatic carbocycles. The zero-order valence-electron chi connectivity index (χ0n) is 16.7. The van der Waals surface area contributed by atoms with E-state index in [-0.39, 0.29) is 11.6 Å². The summed E-state index contributed by atoms with van der Waals surface area (Å²) in [6, 6.07) is 4.25. The molecular formula is C20H22F2N6O2. The van der Waals surface area contributed by atoms with Gasteiger partial charge in [-0.15, -0.1) is 0 Å². The molecular weight excluding hydrogens is 394 g/mol. The van der Waals surface area contributed by atoms with E-state index in [1.807, 2.05) is 12.1 Å². The van der Waals surface area contributed by atoms with E-state index < -0.39 is 24.1 Å². The van der Waals surface area contributed by atoms with E-state index >= 15 is 0 Å². The average molecular weight is 416 g/mol. The van der Waals surface area contributed by atoms with Gasteiger partial charge >= 0.3 is 0 Å². The first-order chi connectivity index (χ1) is 14.4. The summed E-state index contributed by atoms with van der Waals surface area (Å²) in [5.74, 6) is 0.533. The van der Waals surface area contributed by atoms with Gasteiger partial charge in [-0.3, -0.25) is 14.5 Å². The van der Waals surface area contributed by atoms with E-state index in [0.717, 1.165) is 34.8 Å². The van der Waals surface area contributed by atoms with Gasteiger partial charge in [0.25, 0.3) is 12.3 Å². The molecule has 1 amide bonds. The van der Waals surface area contributed by atoms with Crippen LogP contribution in [0.15, 0.2) is 28.9 Å². The highest BCUT2D eigenvalue weighted by molar-refractivity contribution is 5.92. The van der Waals surface area contributed by atoms with Crippen LogP contribution in [0.3, 0.4) is 0 Å². The van der Waals surface area contributed by atoms with Crippen molar-refractivity contribution in [3.63, 3.8) is 0 Å². The molecule has 0 radical (unpaired) electrons. The molecule has 1 saturated carbocycles. The molecule has 4 rings (SSSR count). The zero-order chi connectivity index (χ0) is 21.3. The topological polar surface area (TPSA) is 98.7 Å². The fourth-order valence-corrected chi connectivity index (χ4v) is 3.70. The number of pyridine rings is 1. The summed E-state index contributed by atoms with van der Waals surface area (Å²) in [5, 5.41) is 10.3. The highest BCUT2D eigenvalue weighted by Crippen LogP contribution is 2.34. The van der Waals surface area contributed by atoms with Gasteiger partial charge in [0.05, 0.1) is 0 Å². The minimum Gasteiger partial charge on any atom is -0.339 e. The number of nitrogens with one attached hydrogen (secondary N) is 1. The number of hydrogen-bond acceptors (Lipinski definition) is 6. The van der Waals surface area contributed by atoms with Crippen LogP contribution in [0, 0.1) is 0 Å². The molecule has 3 aromatic rings. The maximum atomic E-state index is 12.8. The summed E-state index contributed by atoms with van der Waals surface area (Å²) in [5.41, 5.74) is 1.40. The lowest BCUT2D eigenvalue weighted by molar-refractivity contribution is 0.0923. The summed E-state index contributed by atoms with van der Waals surface area (Å²) in [4.78, 5) is 21.3. The van der Waals surface area contributed by atoms with Gasteiger partial charge in [0.1, 0.15) is 17.4 Å². The van der Waals surface area contributed by atoms with Crippen LogP contribution in [0.1, 0.15) is 78.8 Å². The van der Waals surface area contributed by atoms with E-state index in [4.69, 9.17) is 4.52 Å². The van der Waals surface area contributed by atoms with E-state index in [0.29, 0.717) is 11.7 Å². The molecule has 3 aromatic heterocycles. The van der Waals surface area contributed by atoms with Gasteiger partial charge in [0.15, 0.2) is 0 Å².